The number of nitrogens with zero attached hydrogens (tertiary/aromatic N) is 1. The predicted octanol–water partition coefficient (Wildman–Crippen LogP) is 3.74. The second-order valence-corrected chi connectivity index (χ2v) is 7.18. The number of carbonyl (C=O) groups is 1. The van der Waals surface area contributed by atoms with Gasteiger partial charge in [-0.1, -0.05) is 19.3 Å². The van der Waals surface area contributed by atoms with Crippen molar-refractivity contribution in [3.8, 4) is 0 Å². The molecule has 1 atom stereocenters. The highest BCUT2D eigenvalue weighted by Crippen LogP contribution is 2.37. The number of aliphatic hydroxyl groups excluding tert-OH is 1. The Hall–Kier alpha value is -0.460. The minimum absolute atomic E-state index is 0.241. The van der Waals surface area contributed by atoms with Crippen molar-refractivity contribution >= 4 is 33.7 Å². The molecular weight excluding hydrogens is 342 g/mol. The van der Waals surface area contributed by atoms with Crippen LogP contribution in [0.3, 0.4) is 0 Å². The molecule has 0 saturated heterocycles. The summed E-state index contributed by atoms with van der Waals surface area (Å²) < 4.78 is 5.21. The Bertz CT molecular complexity index is 380. The molecule has 1 heterocycles. The molecular formula is C14H22BrNO3S. The number of aromatic nitrogens is 1. The molecule has 1 aromatic rings. The van der Waals surface area contributed by atoms with Gasteiger partial charge < -0.3 is 9.84 Å². The Labute approximate surface area is 132 Å². The number of aliphatic hydroxyl groups is 1. The van der Waals surface area contributed by atoms with Gasteiger partial charge in [0.15, 0.2) is 0 Å². The summed E-state index contributed by atoms with van der Waals surface area (Å²) in [7, 11) is 0. The van der Waals surface area contributed by atoms with Gasteiger partial charge in [0.25, 0.3) is 6.47 Å². The number of hydrogen-bond acceptors (Lipinski definition) is 5. The summed E-state index contributed by atoms with van der Waals surface area (Å²) in [5.74, 6) is 0.906. The van der Waals surface area contributed by atoms with E-state index < -0.39 is 0 Å². The van der Waals surface area contributed by atoms with Gasteiger partial charge in [-0.3, -0.25) is 4.79 Å². The van der Waals surface area contributed by atoms with Crippen LogP contribution in [0.4, 0.5) is 0 Å². The van der Waals surface area contributed by atoms with Crippen LogP contribution in [-0.4, -0.2) is 29.8 Å². The number of carbonyl (C=O) groups excluding carboxylic acids is 1. The Balaban J connectivity index is 0.000000347. The maximum absolute atomic E-state index is 9.49. The quantitative estimate of drug-likeness (QED) is 0.809. The summed E-state index contributed by atoms with van der Waals surface area (Å²) in [6.45, 7) is 2.91. The van der Waals surface area contributed by atoms with Crippen molar-refractivity contribution in [2.75, 3.05) is 13.2 Å². The van der Waals surface area contributed by atoms with Gasteiger partial charge in [-0.2, -0.15) is 0 Å². The lowest BCUT2D eigenvalue weighted by Gasteiger charge is -2.27. The van der Waals surface area contributed by atoms with E-state index in [1.807, 2.05) is 6.20 Å². The lowest BCUT2D eigenvalue weighted by atomic mass is 9.80. The highest BCUT2D eigenvalue weighted by Gasteiger charge is 2.26. The van der Waals surface area contributed by atoms with Crippen LogP contribution in [0.1, 0.15) is 50.0 Å². The predicted molar refractivity (Wildman–Crippen MR) is 83.9 cm³/mol. The number of hydrogen-bond donors (Lipinski definition) is 1. The van der Waals surface area contributed by atoms with Crippen LogP contribution >= 0.6 is 27.3 Å². The molecule has 1 fully saturated rings. The van der Waals surface area contributed by atoms with E-state index in [4.69, 9.17) is 0 Å². The second-order valence-electron chi connectivity index (χ2n) is 4.74. The first kappa shape index (κ1) is 17.6. The van der Waals surface area contributed by atoms with E-state index in [9.17, 15) is 9.90 Å². The Morgan fingerprint density at radius 1 is 1.55 bits per heavy atom. The molecule has 0 bridgehead atoms. The van der Waals surface area contributed by atoms with Crippen molar-refractivity contribution in [1.29, 1.82) is 0 Å². The largest absolute Gasteiger partial charge is 0.468 e. The van der Waals surface area contributed by atoms with Crippen LogP contribution in [0.15, 0.2) is 9.98 Å². The zero-order valence-corrected chi connectivity index (χ0v) is 14.2. The van der Waals surface area contributed by atoms with Gasteiger partial charge >= 0.3 is 0 Å². The van der Waals surface area contributed by atoms with Crippen LogP contribution in [0.2, 0.25) is 0 Å². The summed E-state index contributed by atoms with van der Waals surface area (Å²) >= 11 is 5.09. The summed E-state index contributed by atoms with van der Waals surface area (Å²) in [5, 5.41) is 10.6. The summed E-state index contributed by atoms with van der Waals surface area (Å²) in [5.41, 5.74) is 0. The van der Waals surface area contributed by atoms with Gasteiger partial charge in [0.1, 0.15) is 0 Å². The summed E-state index contributed by atoms with van der Waals surface area (Å²) in [4.78, 5) is 13.6. The average Bonchev–Trinajstić information content (AvgIpc) is 2.89. The molecule has 1 unspecified atom stereocenters. The molecule has 0 aromatic carbocycles. The lowest BCUT2D eigenvalue weighted by Crippen LogP contribution is -2.19. The first-order valence-electron chi connectivity index (χ1n) is 7.00. The van der Waals surface area contributed by atoms with Gasteiger partial charge in [0.2, 0.25) is 0 Å². The Morgan fingerprint density at radius 3 is 2.65 bits per heavy atom. The van der Waals surface area contributed by atoms with Crippen molar-refractivity contribution in [1.82, 2.24) is 4.98 Å². The lowest BCUT2D eigenvalue weighted by molar-refractivity contribution is -0.128. The number of rotatable bonds is 5. The third-order valence-electron chi connectivity index (χ3n) is 3.46. The van der Waals surface area contributed by atoms with E-state index in [2.05, 4.69) is 25.7 Å². The molecule has 4 nitrogen and oxygen atoms in total. The summed E-state index contributed by atoms with van der Waals surface area (Å²) in [6.07, 6.45) is 8.33. The van der Waals surface area contributed by atoms with Crippen LogP contribution in [0.25, 0.3) is 0 Å². The van der Waals surface area contributed by atoms with Crippen molar-refractivity contribution in [3.63, 3.8) is 0 Å². The average molecular weight is 364 g/mol. The van der Waals surface area contributed by atoms with Crippen LogP contribution in [-0.2, 0) is 9.53 Å². The minimum atomic E-state index is 0.241. The highest BCUT2D eigenvalue weighted by atomic mass is 79.9. The van der Waals surface area contributed by atoms with Crippen molar-refractivity contribution in [2.24, 2.45) is 5.92 Å². The van der Waals surface area contributed by atoms with E-state index in [1.54, 1.807) is 18.3 Å². The normalized spacial score (nSPS) is 16.9. The molecule has 20 heavy (non-hydrogen) atoms. The van der Waals surface area contributed by atoms with Gasteiger partial charge in [-0.05, 0) is 41.6 Å². The molecule has 1 N–H and O–H groups in total. The fourth-order valence-electron chi connectivity index (χ4n) is 2.47. The van der Waals surface area contributed by atoms with Gasteiger partial charge in [0.05, 0.1) is 28.2 Å². The molecule has 1 saturated carbocycles. The topological polar surface area (TPSA) is 59.4 Å². The molecule has 0 amide bonds. The van der Waals surface area contributed by atoms with Crippen LogP contribution in [0.5, 0.6) is 0 Å². The molecule has 114 valence electrons. The standard InChI is InChI=1S/C11H16BrNOS.C3H6O2/c12-10-6-13-11(15-10)9(7-14)8-4-2-1-3-5-8;1-2-5-3-4/h6,8-9,14H,1-5,7H2;3H,2H2,1H3. The van der Waals surface area contributed by atoms with Gasteiger partial charge in [0, 0.05) is 5.92 Å². The number of halogens is 1. The van der Waals surface area contributed by atoms with Crippen molar-refractivity contribution < 1.29 is 14.6 Å². The molecule has 1 aromatic heterocycles. The van der Waals surface area contributed by atoms with Crippen LogP contribution < -0.4 is 0 Å². The third-order valence-corrected chi connectivity index (χ3v) is 5.07. The first-order chi connectivity index (χ1) is 9.72. The fourth-order valence-corrected chi connectivity index (χ4v) is 3.90. The van der Waals surface area contributed by atoms with E-state index in [0.29, 0.717) is 19.0 Å². The SMILES string of the molecule is CCOC=O.OCC(c1ncc(Br)s1)C1CCCCC1. The van der Waals surface area contributed by atoms with Crippen LogP contribution in [0, 0.1) is 5.92 Å². The Kier molecular flexibility index (Phi) is 9.05. The van der Waals surface area contributed by atoms with Crippen molar-refractivity contribution in [2.45, 2.75) is 44.9 Å². The van der Waals surface area contributed by atoms with E-state index in [1.165, 1.54) is 32.1 Å². The monoisotopic (exact) mass is 363 g/mol. The molecule has 0 radical (unpaired) electrons. The van der Waals surface area contributed by atoms with Gasteiger partial charge in [-0.15, -0.1) is 11.3 Å². The zero-order valence-electron chi connectivity index (χ0n) is 11.8. The van der Waals surface area contributed by atoms with E-state index in [-0.39, 0.29) is 12.5 Å². The fraction of sp³-hybridized carbons (Fsp3) is 0.714. The first-order valence-corrected chi connectivity index (χ1v) is 8.61. The maximum atomic E-state index is 9.49. The Morgan fingerprint density at radius 2 is 2.25 bits per heavy atom. The maximum Gasteiger partial charge on any atom is 0.293 e. The molecule has 1 aliphatic carbocycles. The number of ether oxygens (including phenoxy) is 1. The second kappa shape index (κ2) is 10.3. The molecule has 2 rings (SSSR count). The zero-order chi connectivity index (χ0) is 14.8. The third kappa shape index (κ3) is 5.89. The van der Waals surface area contributed by atoms with E-state index in [0.717, 1.165) is 8.79 Å². The molecule has 0 spiro atoms. The molecule has 6 heteroatoms. The van der Waals surface area contributed by atoms with Crippen molar-refractivity contribution in [3.05, 3.63) is 15.0 Å². The van der Waals surface area contributed by atoms with E-state index >= 15 is 0 Å². The minimum Gasteiger partial charge on any atom is -0.468 e. The highest BCUT2D eigenvalue weighted by molar-refractivity contribution is 9.11. The summed E-state index contributed by atoms with van der Waals surface area (Å²) in [6, 6.07) is 0. The molecule has 0 aliphatic heterocycles. The number of thiazole rings is 1. The smallest absolute Gasteiger partial charge is 0.293 e. The van der Waals surface area contributed by atoms with Gasteiger partial charge in [-0.25, -0.2) is 4.98 Å². The molecule has 1 aliphatic rings.